The Kier molecular flexibility index (Phi) is 8.68. The Morgan fingerprint density at radius 1 is 0.614 bits per heavy atom. The summed E-state index contributed by atoms with van der Waals surface area (Å²) in [5.74, 6) is -0.470. The third-order valence-electron chi connectivity index (χ3n) is 7.70. The maximum Gasteiger partial charge on any atom is 0.212 e. The summed E-state index contributed by atoms with van der Waals surface area (Å²) in [6, 6.07) is 33.1. The van der Waals surface area contributed by atoms with Gasteiger partial charge in [-0.25, -0.2) is 0 Å². The number of benzene rings is 4. The van der Waals surface area contributed by atoms with Gasteiger partial charge in [-0.15, -0.1) is 0 Å². The highest BCUT2D eigenvalue weighted by Gasteiger charge is 2.36. The van der Waals surface area contributed by atoms with E-state index >= 15 is 0 Å². The van der Waals surface area contributed by atoms with Gasteiger partial charge in [0.25, 0.3) is 0 Å². The molecule has 0 saturated heterocycles. The first-order valence-corrected chi connectivity index (χ1v) is 15.0. The number of aliphatic imine (C=N–C) groups is 3. The molecule has 0 amide bonds. The van der Waals surface area contributed by atoms with Crippen molar-refractivity contribution in [1.82, 2.24) is 0 Å². The van der Waals surface area contributed by atoms with Crippen LogP contribution in [-0.4, -0.2) is 34.7 Å². The lowest BCUT2D eigenvalue weighted by atomic mass is 9.85. The predicted molar refractivity (Wildman–Crippen MR) is 182 cm³/mol. The summed E-state index contributed by atoms with van der Waals surface area (Å²) in [7, 11) is 0. The lowest BCUT2D eigenvalue weighted by molar-refractivity contribution is 0.0984. The topological polar surface area (TPSA) is 71.2 Å². The molecule has 0 aliphatic carbocycles. The molecule has 1 atom stereocenters. The Bertz CT molecular complexity index is 1770. The molecule has 0 bridgehead atoms. The van der Waals surface area contributed by atoms with Crippen LogP contribution in [-0.2, 0) is 10.8 Å². The van der Waals surface area contributed by atoms with Gasteiger partial charge in [0.2, 0.25) is 5.78 Å². The molecule has 0 spiro atoms. The molecule has 0 saturated carbocycles. The van der Waals surface area contributed by atoms with E-state index in [1.807, 2.05) is 72.8 Å². The first-order chi connectivity index (χ1) is 20.9. The Balaban J connectivity index is 1.76. The predicted octanol–water partition coefficient (Wildman–Crippen LogP) is 9.11. The van der Waals surface area contributed by atoms with Crippen LogP contribution in [0, 0.1) is 0 Å². The fraction of sp³-hybridized carbons (Fsp3) is 0.256. The van der Waals surface area contributed by atoms with Crippen molar-refractivity contribution >= 4 is 40.1 Å². The average molecular weight is 582 g/mol. The second kappa shape index (κ2) is 12.5. The SMILES string of the molecule is CC(C)(C)c1ccccc1N=C1CC(=Nc2ccccc2C(C)(C)C)C(C(=O)c2ccccc2)N=C1C(=O)c1ccccc1. The van der Waals surface area contributed by atoms with E-state index in [9.17, 15) is 9.59 Å². The summed E-state index contributed by atoms with van der Waals surface area (Å²) >= 11 is 0. The lowest BCUT2D eigenvalue weighted by Crippen LogP contribution is -2.41. The van der Waals surface area contributed by atoms with E-state index in [1.54, 1.807) is 24.3 Å². The monoisotopic (exact) mass is 581 g/mol. The van der Waals surface area contributed by atoms with Gasteiger partial charge >= 0.3 is 0 Å². The van der Waals surface area contributed by atoms with Crippen LogP contribution in [0.25, 0.3) is 0 Å². The second-order valence-electron chi connectivity index (χ2n) is 13.2. The molecule has 0 radical (unpaired) electrons. The van der Waals surface area contributed by atoms with Gasteiger partial charge < -0.3 is 0 Å². The number of hydrogen-bond donors (Lipinski definition) is 0. The highest BCUT2D eigenvalue weighted by Crippen LogP contribution is 2.34. The molecule has 5 rings (SSSR count). The maximum absolute atomic E-state index is 14.1. The molecule has 0 aromatic heterocycles. The van der Waals surface area contributed by atoms with Gasteiger partial charge in [-0.05, 0) is 34.1 Å². The zero-order chi connectivity index (χ0) is 31.5. The Labute approximate surface area is 260 Å². The van der Waals surface area contributed by atoms with E-state index in [-0.39, 0.29) is 34.5 Å². The van der Waals surface area contributed by atoms with Crippen molar-refractivity contribution in [3.63, 3.8) is 0 Å². The van der Waals surface area contributed by atoms with Crippen molar-refractivity contribution in [2.45, 2.75) is 64.8 Å². The maximum atomic E-state index is 14.1. The quantitative estimate of drug-likeness (QED) is 0.213. The summed E-state index contributed by atoms with van der Waals surface area (Å²) < 4.78 is 0. The molecule has 1 aliphatic heterocycles. The number of ketones is 2. The van der Waals surface area contributed by atoms with Crippen LogP contribution in [0.4, 0.5) is 11.4 Å². The Morgan fingerprint density at radius 2 is 1.07 bits per heavy atom. The molecule has 1 aliphatic rings. The Hall–Kier alpha value is -4.77. The largest absolute Gasteiger partial charge is 0.291 e. The summed E-state index contributed by atoms with van der Waals surface area (Å²) in [5, 5.41) is 0. The molecular weight excluding hydrogens is 542 g/mol. The van der Waals surface area contributed by atoms with Crippen LogP contribution >= 0.6 is 0 Å². The average Bonchev–Trinajstić information content (AvgIpc) is 3.01. The second-order valence-corrected chi connectivity index (χ2v) is 13.2. The third-order valence-corrected chi connectivity index (χ3v) is 7.70. The first kappa shape index (κ1) is 30.7. The van der Waals surface area contributed by atoms with Crippen molar-refractivity contribution in [3.8, 4) is 0 Å². The highest BCUT2D eigenvalue weighted by molar-refractivity contribution is 6.72. The zero-order valence-electron chi connectivity index (χ0n) is 26.3. The van der Waals surface area contributed by atoms with Gasteiger partial charge in [0.05, 0.1) is 22.8 Å². The molecule has 5 heteroatoms. The number of Topliss-reactive ketones (excluding diaryl/α,β-unsaturated/α-hetero) is 2. The number of para-hydroxylation sites is 2. The molecular formula is C39H39N3O2. The lowest BCUT2D eigenvalue weighted by Gasteiger charge is -2.26. The number of carbonyl (C=O) groups excluding carboxylic acids is 2. The minimum absolute atomic E-state index is 0.172. The first-order valence-electron chi connectivity index (χ1n) is 15.0. The van der Waals surface area contributed by atoms with Gasteiger partial charge in [0, 0.05) is 17.5 Å². The molecule has 0 N–H and O–H groups in total. The molecule has 4 aromatic rings. The van der Waals surface area contributed by atoms with Crippen LogP contribution < -0.4 is 0 Å². The molecule has 44 heavy (non-hydrogen) atoms. The van der Waals surface area contributed by atoms with Gasteiger partial charge in [0.1, 0.15) is 5.71 Å². The van der Waals surface area contributed by atoms with Crippen molar-refractivity contribution in [2.75, 3.05) is 0 Å². The summed E-state index contributed by atoms with van der Waals surface area (Å²) in [5.41, 5.74) is 5.58. The minimum Gasteiger partial charge on any atom is -0.291 e. The summed E-state index contributed by atoms with van der Waals surface area (Å²) in [6.45, 7) is 12.9. The van der Waals surface area contributed by atoms with Crippen molar-refractivity contribution in [1.29, 1.82) is 0 Å². The van der Waals surface area contributed by atoms with E-state index < -0.39 is 6.04 Å². The minimum atomic E-state index is -0.968. The third kappa shape index (κ3) is 6.73. The van der Waals surface area contributed by atoms with Crippen molar-refractivity contribution in [2.24, 2.45) is 15.0 Å². The van der Waals surface area contributed by atoms with E-state index in [0.717, 1.165) is 22.5 Å². The van der Waals surface area contributed by atoms with Gasteiger partial charge in [0.15, 0.2) is 11.8 Å². The van der Waals surface area contributed by atoms with E-state index in [4.69, 9.17) is 15.0 Å². The number of nitrogens with zero attached hydrogens (tertiary/aromatic N) is 3. The Morgan fingerprint density at radius 3 is 1.59 bits per heavy atom. The fourth-order valence-electron chi connectivity index (χ4n) is 5.42. The molecule has 1 unspecified atom stereocenters. The number of carbonyl (C=O) groups is 2. The fourth-order valence-corrected chi connectivity index (χ4v) is 5.42. The smallest absolute Gasteiger partial charge is 0.212 e. The van der Waals surface area contributed by atoms with E-state index in [2.05, 4.69) is 53.7 Å². The molecule has 1 heterocycles. The highest BCUT2D eigenvalue weighted by atomic mass is 16.1. The molecule has 4 aromatic carbocycles. The van der Waals surface area contributed by atoms with Crippen LogP contribution in [0.1, 0.15) is 79.8 Å². The molecule has 0 fully saturated rings. The van der Waals surface area contributed by atoms with Crippen LogP contribution in [0.2, 0.25) is 0 Å². The zero-order valence-corrected chi connectivity index (χ0v) is 26.3. The van der Waals surface area contributed by atoms with Crippen LogP contribution in [0.15, 0.2) is 124 Å². The normalized spacial score (nSPS) is 17.4. The van der Waals surface area contributed by atoms with Crippen LogP contribution in [0.3, 0.4) is 0 Å². The summed E-state index contributed by atoms with van der Waals surface area (Å²) in [6.07, 6.45) is 0.206. The van der Waals surface area contributed by atoms with E-state index in [1.165, 1.54) is 0 Å². The standard InChI is InChI=1S/C39H39N3O2/c1-38(2,3)28-21-13-15-23-30(28)40-32-25-33(41-31-24-16-14-22-29(31)39(4,5)6)35(37(44)27-19-11-8-12-20-27)42-34(32)36(43)26-17-9-7-10-18-26/h7-24,34H,25H2,1-6H3. The van der Waals surface area contributed by atoms with Crippen LogP contribution in [0.5, 0.6) is 0 Å². The van der Waals surface area contributed by atoms with E-state index in [0.29, 0.717) is 22.6 Å². The molecule has 222 valence electrons. The number of rotatable bonds is 6. The van der Waals surface area contributed by atoms with Gasteiger partial charge in [-0.3, -0.25) is 24.6 Å². The molecule has 5 nitrogen and oxygen atoms in total. The van der Waals surface area contributed by atoms with Gasteiger partial charge in [-0.1, -0.05) is 139 Å². The van der Waals surface area contributed by atoms with Crippen molar-refractivity contribution in [3.05, 3.63) is 131 Å². The number of hydrogen-bond acceptors (Lipinski definition) is 5. The van der Waals surface area contributed by atoms with Gasteiger partial charge in [-0.2, -0.15) is 0 Å². The summed E-state index contributed by atoms with van der Waals surface area (Å²) in [4.78, 5) is 43.4. The van der Waals surface area contributed by atoms with Crippen molar-refractivity contribution < 1.29 is 9.59 Å².